The standard InChI is InChI=1S/C19H23FN4O2S/c1-3-27-19-17(18(25)21-12-14-5-4-6-15(20)22-14)13(2)11-16(23-19)24-7-9-26-10-8-24/h4-6,11H,3,7-10,12H2,1-2H3,(H,21,25). The van der Waals surface area contributed by atoms with Crippen LogP contribution in [0.2, 0.25) is 0 Å². The third kappa shape index (κ3) is 4.95. The van der Waals surface area contributed by atoms with Crippen molar-refractivity contribution in [2.24, 2.45) is 0 Å². The van der Waals surface area contributed by atoms with E-state index in [1.54, 1.807) is 23.9 Å². The third-order valence-electron chi connectivity index (χ3n) is 4.22. The lowest BCUT2D eigenvalue weighted by molar-refractivity contribution is 0.0945. The lowest BCUT2D eigenvalue weighted by Gasteiger charge is -2.28. The van der Waals surface area contributed by atoms with Crippen LogP contribution in [-0.4, -0.2) is 47.9 Å². The monoisotopic (exact) mass is 390 g/mol. The molecule has 3 heterocycles. The fraction of sp³-hybridized carbons (Fsp3) is 0.421. The van der Waals surface area contributed by atoms with Crippen LogP contribution < -0.4 is 10.2 Å². The molecule has 0 unspecified atom stereocenters. The van der Waals surface area contributed by atoms with Crippen molar-refractivity contribution in [3.63, 3.8) is 0 Å². The van der Waals surface area contributed by atoms with Gasteiger partial charge in [-0.1, -0.05) is 13.0 Å². The summed E-state index contributed by atoms with van der Waals surface area (Å²) < 4.78 is 18.6. The second-order valence-corrected chi connectivity index (χ2v) is 7.40. The van der Waals surface area contributed by atoms with Gasteiger partial charge in [-0.25, -0.2) is 9.97 Å². The number of thioether (sulfide) groups is 1. The van der Waals surface area contributed by atoms with E-state index < -0.39 is 5.95 Å². The minimum atomic E-state index is -0.559. The average Bonchev–Trinajstić information content (AvgIpc) is 2.67. The molecule has 2 aromatic rings. The molecule has 1 fully saturated rings. The zero-order valence-corrected chi connectivity index (χ0v) is 16.3. The number of ether oxygens (including phenoxy) is 1. The molecule has 1 amide bonds. The van der Waals surface area contributed by atoms with Gasteiger partial charge in [0.25, 0.3) is 5.91 Å². The van der Waals surface area contributed by atoms with E-state index in [1.165, 1.54) is 6.07 Å². The van der Waals surface area contributed by atoms with Gasteiger partial charge < -0.3 is 15.0 Å². The van der Waals surface area contributed by atoms with E-state index in [1.807, 2.05) is 19.9 Å². The lowest BCUT2D eigenvalue weighted by Crippen LogP contribution is -2.37. The number of pyridine rings is 2. The van der Waals surface area contributed by atoms with Crippen LogP contribution in [0.5, 0.6) is 0 Å². The van der Waals surface area contributed by atoms with Crippen molar-refractivity contribution < 1.29 is 13.9 Å². The molecule has 3 rings (SSSR count). The Balaban J connectivity index is 1.81. The summed E-state index contributed by atoms with van der Waals surface area (Å²) in [5.41, 5.74) is 1.91. The molecule has 0 saturated carbocycles. The topological polar surface area (TPSA) is 67.4 Å². The van der Waals surface area contributed by atoms with Crippen molar-refractivity contribution in [2.45, 2.75) is 25.4 Å². The maximum Gasteiger partial charge on any atom is 0.254 e. The smallest absolute Gasteiger partial charge is 0.254 e. The number of halogens is 1. The van der Waals surface area contributed by atoms with Crippen LogP contribution >= 0.6 is 11.8 Å². The first-order valence-electron chi connectivity index (χ1n) is 8.95. The van der Waals surface area contributed by atoms with Crippen molar-refractivity contribution >= 4 is 23.5 Å². The van der Waals surface area contributed by atoms with Gasteiger partial charge in [-0.3, -0.25) is 4.79 Å². The zero-order valence-electron chi connectivity index (χ0n) is 15.5. The normalized spacial score (nSPS) is 14.3. The number of carbonyl (C=O) groups is 1. The summed E-state index contributed by atoms with van der Waals surface area (Å²) in [4.78, 5) is 23.5. The fourth-order valence-electron chi connectivity index (χ4n) is 2.91. The Labute approximate surface area is 162 Å². The average molecular weight is 390 g/mol. The molecule has 2 aromatic heterocycles. The Morgan fingerprint density at radius 3 is 2.81 bits per heavy atom. The van der Waals surface area contributed by atoms with Gasteiger partial charge in [-0.15, -0.1) is 11.8 Å². The summed E-state index contributed by atoms with van der Waals surface area (Å²) in [6, 6.07) is 6.48. The summed E-state index contributed by atoms with van der Waals surface area (Å²) in [7, 11) is 0. The molecule has 0 aliphatic carbocycles. The van der Waals surface area contributed by atoms with Gasteiger partial charge in [-0.05, 0) is 36.4 Å². The highest BCUT2D eigenvalue weighted by Gasteiger charge is 2.21. The molecular weight excluding hydrogens is 367 g/mol. The second kappa shape index (κ2) is 9.14. The first-order chi connectivity index (χ1) is 13.1. The van der Waals surface area contributed by atoms with Crippen molar-refractivity contribution in [1.29, 1.82) is 0 Å². The molecule has 1 aliphatic heterocycles. The van der Waals surface area contributed by atoms with Gasteiger partial charge in [0, 0.05) is 13.1 Å². The van der Waals surface area contributed by atoms with E-state index in [9.17, 15) is 9.18 Å². The number of hydrogen-bond acceptors (Lipinski definition) is 6. The third-order valence-corrected chi connectivity index (χ3v) is 5.07. The number of carbonyl (C=O) groups excluding carboxylic acids is 1. The minimum absolute atomic E-state index is 0.164. The molecule has 1 N–H and O–H groups in total. The Hall–Kier alpha value is -2.19. The van der Waals surface area contributed by atoms with Crippen molar-refractivity contribution in [1.82, 2.24) is 15.3 Å². The Kier molecular flexibility index (Phi) is 6.63. The number of morpholine rings is 1. The maximum absolute atomic E-state index is 13.2. The summed E-state index contributed by atoms with van der Waals surface area (Å²) in [6.07, 6.45) is 0. The van der Waals surface area contributed by atoms with E-state index in [4.69, 9.17) is 9.72 Å². The molecule has 1 saturated heterocycles. The predicted octanol–water partition coefficient (Wildman–Crippen LogP) is 2.80. The molecule has 0 atom stereocenters. The van der Waals surface area contributed by atoms with Crippen molar-refractivity contribution in [3.8, 4) is 0 Å². The van der Waals surface area contributed by atoms with Crippen LogP contribution in [0.4, 0.5) is 10.2 Å². The van der Waals surface area contributed by atoms with Gasteiger partial charge in [-0.2, -0.15) is 4.39 Å². The summed E-state index contributed by atoms with van der Waals surface area (Å²) in [6.45, 7) is 7.05. The number of nitrogens with zero attached hydrogens (tertiary/aromatic N) is 3. The highest BCUT2D eigenvalue weighted by atomic mass is 32.2. The molecule has 27 heavy (non-hydrogen) atoms. The van der Waals surface area contributed by atoms with Gasteiger partial charge in [0.2, 0.25) is 5.95 Å². The summed E-state index contributed by atoms with van der Waals surface area (Å²) in [5.74, 6) is 0.896. The minimum Gasteiger partial charge on any atom is -0.378 e. The summed E-state index contributed by atoms with van der Waals surface area (Å²) in [5, 5.41) is 3.54. The van der Waals surface area contributed by atoms with Crippen LogP contribution in [0.1, 0.15) is 28.5 Å². The van der Waals surface area contributed by atoms with E-state index in [2.05, 4.69) is 15.2 Å². The van der Waals surface area contributed by atoms with E-state index in [0.29, 0.717) is 29.5 Å². The molecule has 0 radical (unpaired) electrons. The van der Waals surface area contributed by atoms with E-state index in [-0.39, 0.29) is 12.5 Å². The fourth-order valence-corrected chi connectivity index (χ4v) is 3.74. The van der Waals surface area contributed by atoms with Crippen LogP contribution in [0.15, 0.2) is 29.3 Å². The molecule has 144 valence electrons. The van der Waals surface area contributed by atoms with E-state index in [0.717, 1.165) is 30.2 Å². The summed E-state index contributed by atoms with van der Waals surface area (Å²) >= 11 is 1.54. The number of nitrogens with one attached hydrogen (secondary N) is 1. The second-order valence-electron chi connectivity index (χ2n) is 6.14. The number of aromatic nitrogens is 2. The number of anilines is 1. The first kappa shape index (κ1) is 19.6. The van der Waals surface area contributed by atoms with Crippen LogP contribution in [0, 0.1) is 12.9 Å². The largest absolute Gasteiger partial charge is 0.378 e. The molecule has 1 aliphatic rings. The van der Waals surface area contributed by atoms with Crippen LogP contribution in [-0.2, 0) is 11.3 Å². The number of rotatable bonds is 6. The van der Waals surface area contributed by atoms with Gasteiger partial charge in [0.15, 0.2) is 0 Å². The SMILES string of the molecule is CCSc1nc(N2CCOCC2)cc(C)c1C(=O)NCc1cccc(F)n1. The quantitative estimate of drug-likeness (QED) is 0.604. The highest BCUT2D eigenvalue weighted by molar-refractivity contribution is 7.99. The molecule has 0 aromatic carbocycles. The first-order valence-corrected chi connectivity index (χ1v) is 9.93. The van der Waals surface area contributed by atoms with Crippen molar-refractivity contribution in [3.05, 3.63) is 47.0 Å². The van der Waals surface area contributed by atoms with Crippen LogP contribution in [0.25, 0.3) is 0 Å². The lowest BCUT2D eigenvalue weighted by atomic mass is 10.1. The van der Waals surface area contributed by atoms with Gasteiger partial charge in [0.1, 0.15) is 10.8 Å². The molecule has 6 nitrogen and oxygen atoms in total. The predicted molar refractivity (Wildman–Crippen MR) is 104 cm³/mol. The molecule has 8 heteroatoms. The molecule has 0 spiro atoms. The Morgan fingerprint density at radius 2 is 2.11 bits per heavy atom. The zero-order chi connectivity index (χ0) is 19.2. The Morgan fingerprint density at radius 1 is 1.33 bits per heavy atom. The van der Waals surface area contributed by atoms with E-state index >= 15 is 0 Å². The van der Waals surface area contributed by atoms with Gasteiger partial charge >= 0.3 is 0 Å². The van der Waals surface area contributed by atoms with Gasteiger partial charge in [0.05, 0.1) is 31.0 Å². The van der Waals surface area contributed by atoms with Crippen molar-refractivity contribution in [2.75, 3.05) is 37.0 Å². The molecular formula is C19H23FN4O2S. The number of amides is 1. The number of aryl methyl sites for hydroxylation is 1. The maximum atomic E-state index is 13.2. The Bertz CT molecular complexity index is 812. The highest BCUT2D eigenvalue weighted by Crippen LogP contribution is 2.28. The van der Waals surface area contributed by atoms with Crippen LogP contribution in [0.3, 0.4) is 0 Å². The number of hydrogen-bond donors (Lipinski definition) is 1. The molecule has 0 bridgehead atoms.